The van der Waals surface area contributed by atoms with Crippen molar-refractivity contribution in [2.45, 2.75) is 38.3 Å². The third kappa shape index (κ3) is 4.04. The number of carbonyl (C=O) groups is 5. The van der Waals surface area contributed by atoms with Crippen molar-refractivity contribution in [2.24, 2.45) is 5.92 Å². The van der Waals surface area contributed by atoms with E-state index in [2.05, 4.69) is 10.4 Å². The smallest absolute Gasteiger partial charge is 0.338 e. The summed E-state index contributed by atoms with van der Waals surface area (Å²) < 4.78 is 16.6. The lowest BCUT2D eigenvalue weighted by Crippen LogP contribution is -2.54. The van der Waals surface area contributed by atoms with Crippen LogP contribution in [-0.2, 0) is 16.1 Å². The number of imide groups is 2. The second kappa shape index (κ2) is 8.60. The number of aromatic carboxylic acids is 1. The number of anilines is 1. The minimum absolute atomic E-state index is 0.00845. The lowest BCUT2D eigenvalue weighted by atomic mass is 9.96. The minimum Gasteiger partial charge on any atom is -0.478 e. The molecule has 1 aromatic heterocycles. The number of carboxylic acids is 1. The number of hydrogen-bond acceptors (Lipinski definition) is 7. The average molecular weight is 483 g/mol. The van der Waals surface area contributed by atoms with E-state index < -0.39 is 41.5 Å². The van der Waals surface area contributed by atoms with Gasteiger partial charge in [0.1, 0.15) is 11.9 Å². The summed E-state index contributed by atoms with van der Waals surface area (Å²) >= 11 is 0. The highest BCUT2D eigenvalue weighted by atomic mass is 19.1. The number of carbonyl (C=O) groups excluding carboxylic acids is 4. The van der Waals surface area contributed by atoms with Crippen molar-refractivity contribution in [2.75, 3.05) is 18.0 Å². The fourth-order valence-electron chi connectivity index (χ4n) is 4.92. The highest BCUT2D eigenvalue weighted by Crippen LogP contribution is 2.34. The van der Waals surface area contributed by atoms with Crippen LogP contribution in [0.1, 0.15) is 56.8 Å². The van der Waals surface area contributed by atoms with E-state index in [1.165, 1.54) is 18.5 Å². The first-order valence-corrected chi connectivity index (χ1v) is 11.3. The number of rotatable bonds is 5. The lowest BCUT2D eigenvalue weighted by molar-refractivity contribution is -0.136. The highest BCUT2D eigenvalue weighted by molar-refractivity contribution is 6.23. The van der Waals surface area contributed by atoms with Gasteiger partial charge >= 0.3 is 5.97 Å². The molecule has 3 aliphatic rings. The van der Waals surface area contributed by atoms with Gasteiger partial charge in [0.25, 0.3) is 11.8 Å². The Morgan fingerprint density at radius 3 is 2.40 bits per heavy atom. The van der Waals surface area contributed by atoms with Gasteiger partial charge in [-0.3, -0.25) is 34.1 Å². The first-order chi connectivity index (χ1) is 16.7. The normalized spacial score (nSPS) is 20.9. The zero-order valence-electron chi connectivity index (χ0n) is 18.6. The minimum atomic E-state index is -1.11. The van der Waals surface area contributed by atoms with Crippen molar-refractivity contribution < 1.29 is 33.5 Å². The van der Waals surface area contributed by atoms with Crippen LogP contribution in [0.15, 0.2) is 24.5 Å². The summed E-state index contributed by atoms with van der Waals surface area (Å²) in [5.41, 5.74) is 0.272. The molecule has 0 spiro atoms. The molecule has 0 saturated carbocycles. The molecule has 1 unspecified atom stereocenters. The summed E-state index contributed by atoms with van der Waals surface area (Å²) in [5.74, 6) is -4.06. The van der Waals surface area contributed by atoms with Crippen molar-refractivity contribution in [1.29, 1.82) is 0 Å². The first kappa shape index (κ1) is 22.7. The van der Waals surface area contributed by atoms with Crippen molar-refractivity contribution in [3.63, 3.8) is 0 Å². The molecule has 2 N–H and O–H groups in total. The zero-order valence-corrected chi connectivity index (χ0v) is 18.6. The fraction of sp³-hybridized carbons (Fsp3) is 0.391. The Labute approximate surface area is 198 Å². The molecule has 2 fully saturated rings. The molecular formula is C23H22FN5O6. The van der Waals surface area contributed by atoms with E-state index >= 15 is 4.39 Å². The molecule has 2 aromatic rings. The molecule has 4 heterocycles. The molecule has 5 rings (SSSR count). The van der Waals surface area contributed by atoms with E-state index in [1.54, 1.807) is 4.68 Å². The Balaban J connectivity index is 1.29. The topological polar surface area (TPSA) is 142 Å². The third-order valence-corrected chi connectivity index (χ3v) is 6.79. The van der Waals surface area contributed by atoms with Gasteiger partial charge in [-0.25, -0.2) is 9.18 Å². The number of benzene rings is 1. The Bertz CT molecular complexity index is 1270. The maximum Gasteiger partial charge on any atom is 0.338 e. The maximum absolute atomic E-state index is 15.0. The van der Waals surface area contributed by atoms with Crippen molar-refractivity contribution in [3.8, 4) is 0 Å². The summed E-state index contributed by atoms with van der Waals surface area (Å²) in [6, 6.07) is 1.30. The summed E-state index contributed by atoms with van der Waals surface area (Å²) in [6.07, 6.45) is 4.22. The molecule has 3 aliphatic heterocycles. The third-order valence-electron chi connectivity index (χ3n) is 6.79. The van der Waals surface area contributed by atoms with Gasteiger partial charge in [-0.2, -0.15) is 5.10 Å². The zero-order chi connectivity index (χ0) is 24.9. The molecule has 0 aliphatic carbocycles. The first-order valence-electron chi connectivity index (χ1n) is 11.3. The van der Waals surface area contributed by atoms with Gasteiger partial charge in [0.2, 0.25) is 11.8 Å². The summed E-state index contributed by atoms with van der Waals surface area (Å²) in [7, 11) is 0. The van der Waals surface area contributed by atoms with Gasteiger partial charge in [-0.1, -0.05) is 0 Å². The molecule has 2 saturated heterocycles. The van der Waals surface area contributed by atoms with Crippen molar-refractivity contribution in [3.05, 3.63) is 47.0 Å². The van der Waals surface area contributed by atoms with E-state index in [4.69, 9.17) is 5.11 Å². The summed E-state index contributed by atoms with van der Waals surface area (Å²) in [5, 5.41) is 15.2. The Morgan fingerprint density at radius 1 is 1.09 bits per heavy atom. The molecule has 35 heavy (non-hydrogen) atoms. The van der Waals surface area contributed by atoms with Crippen LogP contribution >= 0.6 is 0 Å². The SMILES string of the molecule is O=C1CCC(N2C(=O)c3cc(F)c(N4CCC(Cn5cc(C(=O)O)cn5)CC4)cc3C2=O)C(=O)N1. The molecule has 0 radical (unpaired) electrons. The van der Waals surface area contributed by atoms with Gasteiger partial charge < -0.3 is 10.0 Å². The molecule has 1 atom stereocenters. The predicted octanol–water partition coefficient (Wildman–Crippen LogP) is 1.04. The Kier molecular flexibility index (Phi) is 5.58. The number of amides is 4. The number of fused-ring (bicyclic) bond motifs is 1. The van der Waals surface area contributed by atoms with Gasteiger partial charge in [0.05, 0.1) is 28.6 Å². The van der Waals surface area contributed by atoms with Crippen LogP contribution in [0.4, 0.5) is 10.1 Å². The molecule has 4 amide bonds. The quantitative estimate of drug-likeness (QED) is 0.601. The number of piperidine rings is 2. The summed E-state index contributed by atoms with van der Waals surface area (Å²) in [4.78, 5) is 63.2. The summed E-state index contributed by atoms with van der Waals surface area (Å²) in [6.45, 7) is 1.56. The highest BCUT2D eigenvalue weighted by Gasteiger charge is 2.45. The predicted molar refractivity (Wildman–Crippen MR) is 117 cm³/mol. The van der Waals surface area contributed by atoms with Gasteiger partial charge in [-0.15, -0.1) is 0 Å². The monoisotopic (exact) mass is 483 g/mol. The van der Waals surface area contributed by atoms with Crippen LogP contribution in [0.2, 0.25) is 0 Å². The Hall–Kier alpha value is -4.09. The second-order valence-corrected chi connectivity index (χ2v) is 8.98. The number of hydrogen-bond donors (Lipinski definition) is 2. The second-order valence-electron chi connectivity index (χ2n) is 8.98. The van der Waals surface area contributed by atoms with Crippen molar-refractivity contribution in [1.82, 2.24) is 20.0 Å². The standard InChI is InChI=1S/C23H22FN5O6/c24-16-7-14-15(22(33)29(21(14)32)17-1-2-19(30)26-20(17)31)8-18(16)27-5-3-12(4-6-27)10-28-11-13(9-25-28)23(34)35/h7-9,11-12,17H,1-6,10H2,(H,34,35)(H,26,30,31). The van der Waals surface area contributed by atoms with Gasteiger partial charge in [0, 0.05) is 32.3 Å². The average Bonchev–Trinajstić information content (AvgIpc) is 3.38. The number of nitrogens with zero attached hydrogens (tertiary/aromatic N) is 4. The van der Waals surface area contributed by atoms with Crippen LogP contribution in [0.25, 0.3) is 0 Å². The maximum atomic E-state index is 15.0. The van der Waals surface area contributed by atoms with Gasteiger partial charge in [0.15, 0.2) is 0 Å². The number of carboxylic acid groups (broad SMARTS) is 1. The van der Waals surface area contributed by atoms with Gasteiger partial charge in [-0.05, 0) is 37.3 Å². The van der Waals surface area contributed by atoms with Crippen LogP contribution in [0, 0.1) is 11.7 Å². The fourth-order valence-corrected chi connectivity index (χ4v) is 4.92. The van der Waals surface area contributed by atoms with Crippen LogP contribution in [0.5, 0.6) is 0 Å². The number of aromatic nitrogens is 2. The molecule has 11 nitrogen and oxygen atoms in total. The van der Waals surface area contributed by atoms with E-state index in [9.17, 15) is 24.0 Å². The largest absolute Gasteiger partial charge is 0.478 e. The molecule has 12 heteroatoms. The molecule has 0 bridgehead atoms. The van der Waals surface area contributed by atoms with Crippen LogP contribution < -0.4 is 10.2 Å². The van der Waals surface area contributed by atoms with E-state index in [0.717, 1.165) is 11.0 Å². The molecule has 182 valence electrons. The number of halogens is 1. The van der Waals surface area contributed by atoms with Crippen LogP contribution in [-0.4, -0.2) is 68.5 Å². The number of nitrogens with one attached hydrogen (secondary N) is 1. The lowest BCUT2D eigenvalue weighted by Gasteiger charge is -2.34. The van der Waals surface area contributed by atoms with E-state index in [0.29, 0.717) is 32.5 Å². The van der Waals surface area contributed by atoms with Crippen molar-refractivity contribution >= 4 is 35.3 Å². The molecule has 1 aromatic carbocycles. The Morgan fingerprint density at radius 2 is 1.77 bits per heavy atom. The molecular weight excluding hydrogens is 461 g/mol. The van der Waals surface area contributed by atoms with Crippen LogP contribution in [0.3, 0.4) is 0 Å². The van der Waals surface area contributed by atoms with E-state index in [1.807, 2.05) is 4.90 Å². The van der Waals surface area contributed by atoms with E-state index in [-0.39, 0.29) is 41.1 Å².